The zero-order valence-corrected chi connectivity index (χ0v) is 22.0. The van der Waals surface area contributed by atoms with Crippen molar-refractivity contribution in [2.24, 2.45) is 0 Å². The minimum absolute atomic E-state index is 0.137. The molecule has 2 atom stereocenters. The number of ether oxygens (including phenoxy) is 4. The van der Waals surface area contributed by atoms with Crippen molar-refractivity contribution in [2.75, 3.05) is 33.7 Å². The lowest BCUT2D eigenvalue weighted by Gasteiger charge is -2.37. The summed E-state index contributed by atoms with van der Waals surface area (Å²) < 4.78 is 50.4. The normalized spacial score (nSPS) is 20.7. The molecule has 0 aliphatic carbocycles. The van der Waals surface area contributed by atoms with Crippen molar-refractivity contribution in [2.45, 2.75) is 50.3 Å². The topological polar surface area (TPSA) is 78.0 Å². The maximum absolute atomic E-state index is 14.6. The molecular weight excluding hydrogens is 494 g/mol. The zero-order chi connectivity index (χ0) is 26.8. The molecule has 0 amide bonds. The third-order valence-corrected chi connectivity index (χ3v) is 7.70. The molecule has 0 saturated carbocycles. The molecule has 2 saturated heterocycles. The Kier molecular flexibility index (Phi) is 7.51. The molecule has 2 aromatic carbocycles. The van der Waals surface area contributed by atoms with Crippen LogP contribution in [0.2, 0.25) is 0 Å². The first-order chi connectivity index (χ1) is 18.4. The van der Waals surface area contributed by atoms with Crippen molar-refractivity contribution in [1.29, 1.82) is 0 Å². The van der Waals surface area contributed by atoms with Gasteiger partial charge in [-0.2, -0.15) is 0 Å². The summed E-state index contributed by atoms with van der Waals surface area (Å²) in [5.74, 6) is -0.0395. The molecule has 2 unspecified atom stereocenters. The number of nitrogens with one attached hydrogen (secondary N) is 1. The maximum atomic E-state index is 14.6. The van der Waals surface area contributed by atoms with Crippen molar-refractivity contribution >= 4 is 11.6 Å². The summed E-state index contributed by atoms with van der Waals surface area (Å²) in [5, 5.41) is 3.18. The van der Waals surface area contributed by atoms with Gasteiger partial charge in [0.15, 0.2) is 28.9 Å². The van der Waals surface area contributed by atoms with Gasteiger partial charge < -0.3 is 29.2 Å². The molecule has 0 radical (unpaired) electrons. The Bertz CT molecular complexity index is 1250. The van der Waals surface area contributed by atoms with E-state index in [1.807, 2.05) is 12.1 Å². The summed E-state index contributed by atoms with van der Waals surface area (Å²) >= 11 is 0. The number of hydrogen-bond acceptors (Lipinski definition) is 8. The van der Waals surface area contributed by atoms with Crippen LogP contribution in [-0.2, 0) is 6.61 Å². The molecule has 202 valence electrons. The highest BCUT2D eigenvalue weighted by molar-refractivity contribution is 5.58. The van der Waals surface area contributed by atoms with E-state index in [0.29, 0.717) is 23.9 Å². The molecule has 2 fully saturated rings. The molecule has 2 aliphatic heterocycles. The largest absolute Gasteiger partial charge is 0.496 e. The Hall–Kier alpha value is -3.66. The van der Waals surface area contributed by atoms with E-state index in [9.17, 15) is 8.78 Å². The second-order valence-corrected chi connectivity index (χ2v) is 9.72. The monoisotopic (exact) mass is 526 g/mol. The summed E-state index contributed by atoms with van der Waals surface area (Å²) in [6.07, 6.45) is 7.71. The van der Waals surface area contributed by atoms with E-state index in [4.69, 9.17) is 18.9 Å². The number of rotatable bonds is 9. The van der Waals surface area contributed by atoms with Crippen LogP contribution in [0.3, 0.4) is 0 Å². The first-order valence-corrected chi connectivity index (χ1v) is 12.6. The molecule has 0 spiro atoms. The molecule has 1 aromatic heterocycles. The van der Waals surface area contributed by atoms with Gasteiger partial charge in [0.2, 0.25) is 5.95 Å². The van der Waals surface area contributed by atoms with Crippen LogP contribution in [0.25, 0.3) is 0 Å². The molecule has 2 bridgehead atoms. The maximum Gasteiger partial charge on any atom is 0.227 e. The van der Waals surface area contributed by atoms with Crippen LogP contribution in [0.1, 0.15) is 42.7 Å². The summed E-state index contributed by atoms with van der Waals surface area (Å²) in [4.78, 5) is 11.1. The number of piperidine rings is 1. The summed E-state index contributed by atoms with van der Waals surface area (Å²) in [6.45, 7) is -0.390. The van der Waals surface area contributed by atoms with Gasteiger partial charge >= 0.3 is 0 Å². The Morgan fingerprint density at radius 3 is 2.08 bits per heavy atom. The third-order valence-electron chi connectivity index (χ3n) is 7.70. The number of nitrogens with zero attached hydrogens (tertiary/aromatic N) is 3. The molecule has 1 N–H and O–H groups in total. The van der Waals surface area contributed by atoms with Crippen LogP contribution in [0.15, 0.2) is 36.7 Å². The van der Waals surface area contributed by atoms with Crippen LogP contribution in [-0.4, -0.2) is 55.3 Å². The van der Waals surface area contributed by atoms with E-state index in [2.05, 4.69) is 33.3 Å². The molecular formula is C28H32F2N4O4. The third kappa shape index (κ3) is 5.05. The van der Waals surface area contributed by atoms with E-state index in [0.717, 1.165) is 30.3 Å². The van der Waals surface area contributed by atoms with Crippen molar-refractivity contribution in [1.82, 2.24) is 14.9 Å². The first kappa shape index (κ1) is 26.0. The van der Waals surface area contributed by atoms with Gasteiger partial charge in [0, 0.05) is 29.9 Å². The van der Waals surface area contributed by atoms with Crippen LogP contribution < -0.4 is 24.3 Å². The van der Waals surface area contributed by atoms with Crippen LogP contribution >= 0.6 is 0 Å². The Balaban J connectivity index is 1.25. The summed E-state index contributed by atoms with van der Waals surface area (Å²) in [7, 11) is 6.52. The van der Waals surface area contributed by atoms with Gasteiger partial charge in [-0.25, -0.2) is 18.7 Å². The zero-order valence-electron chi connectivity index (χ0n) is 22.0. The Morgan fingerprint density at radius 1 is 0.895 bits per heavy atom. The predicted molar refractivity (Wildman–Crippen MR) is 139 cm³/mol. The van der Waals surface area contributed by atoms with Gasteiger partial charge in [0.25, 0.3) is 0 Å². The fourth-order valence-electron chi connectivity index (χ4n) is 5.59. The van der Waals surface area contributed by atoms with E-state index < -0.39 is 18.2 Å². The average Bonchev–Trinajstić information content (AvgIpc) is 3.12. The van der Waals surface area contributed by atoms with Crippen molar-refractivity contribution in [3.8, 4) is 23.0 Å². The van der Waals surface area contributed by atoms with Crippen LogP contribution in [0.4, 0.5) is 20.4 Å². The SMILES string of the molecule is COc1cc(Nc2ncc(OCc3c(F)c(OC)cc(OC)c3F)cn2)ccc1C1CC2CCC(C1)N2C. The number of hydrogen-bond donors (Lipinski definition) is 1. The Labute approximate surface area is 220 Å². The minimum atomic E-state index is -0.852. The van der Waals surface area contributed by atoms with Crippen molar-refractivity contribution < 1.29 is 27.7 Å². The fraction of sp³-hybridized carbons (Fsp3) is 0.429. The molecule has 8 nitrogen and oxygen atoms in total. The number of methoxy groups -OCH3 is 3. The second kappa shape index (κ2) is 11.0. The van der Waals surface area contributed by atoms with Gasteiger partial charge in [0.1, 0.15) is 12.4 Å². The Morgan fingerprint density at radius 2 is 1.50 bits per heavy atom. The fourth-order valence-corrected chi connectivity index (χ4v) is 5.59. The van der Waals surface area contributed by atoms with E-state index in [1.165, 1.54) is 45.0 Å². The summed E-state index contributed by atoms with van der Waals surface area (Å²) in [6, 6.07) is 8.54. The molecule has 3 heterocycles. The van der Waals surface area contributed by atoms with Gasteiger partial charge in [-0.1, -0.05) is 6.07 Å². The highest BCUT2D eigenvalue weighted by Crippen LogP contribution is 2.45. The van der Waals surface area contributed by atoms with Gasteiger partial charge in [0.05, 0.1) is 39.3 Å². The van der Waals surface area contributed by atoms with Crippen LogP contribution in [0.5, 0.6) is 23.0 Å². The van der Waals surface area contributed by atoms with Gasteiger partial charge in [-0.05, 0) is 50.3 Å². The molecule has 2 aliphatic rings. The van der Waals surface area contributed by atoms with E-state index >= 15 is 0 Å². The standard InChI is InChI=1S/C28H32F2N4O4/c1-34-18-6-7-19(34)10-16(9-18)21-8-5-17(11-23(21)35-2)33-28-31-13-20(14-32-28)38-15-22-26(29)24(36-3)12-25(37-4)27(22)30/h5,8,11-14,16,18-19H,6-7,9-10,15H2,1-4H3,(H,31,32,33). The van der Waals surface area contributed by atoms with Crippen LogP contribution in [0, 0.1) is 11.6 Å². The molecule has 10 heteroatoms. The average molecular weight is 527 g/mol. The number of halogens is 2. The number of aromatic nitrogens is 2. The number of anilines is 2. The predicted octanol–water partition coefficient (Wildman–Crippen LogP) is 5.44. The lowest BCUT2D eigenvalue weighted by molar-refractivity contribution is 0.160. The lowest BCUT2D eigenvalue weighted by atomic mass is 9.84. The first-order valence-electron chi connectivity index (χ1n) is 12.6. The number of fused-ring (bicyclic) bond motifs is 2. The van der Waals surface area contributed by atoms with E-state index in [-0.39, 0.29) is 22.8 Å². The van der Waals surface area contributed by atoms with Crippen molar-refractivity contribution in [3.05, 3.63) is 59.4 Å². The smallest absolute Gasteiger partial charge is 0.227 e. The summed E-state index contributed by atoms with van der Waals surface area (Å²) in [5.41, 5.74) is 1.72. The second-order valence-electron chi connectivity index (χ2n) is 9.72. The van der Waals surface area contributed by atoms with Gasteiger partial charge in [-0.15, -0.1) is 0 Å². The minimum Gasteiger partial charge on any atom is -0.496 e. The highest BCUT2D eigenvalue weighted by atomic mass is 19.1. The lowest BCUT2D eigenvalue weighted by Crippen LogP contribution is -2.39. The van der Waals surface area contributed by atoms with Crippen molar-refractivity contribution in [3.63, 3.8) is 0 Å². The molecule has 3 aromatic rings. The van der Waals surface area contributed by atoms with E-state index in [1.54, 1.807) is 7.11 Å². The molecule has 5 rings (SSSR count). The van der Waals surface area contributed by atoms with Gasteiger partial charge in [-0.3, -0.25) is 0 Å². The molecule has 38 heavy (non-hydrogen) atoms. The number of benzene rings is 2. The quantitative estimate of drug-likeness (QED) is 0.395. The highest BCUT2D eigenvalue weighted by Gasteiger charge is 2.39.